The zero-order valence-electron chi connectivity index (χ0n) is 12.7. The molecule has 116 valence electrons. The number of ether oxygens (including phenoxy) is 1. The van der Waals surface area contributed by atoms with E-state index in [0.29, 0.717) is 17.8 Å². The Bertz CT molecular complexity index is 518. The van der Waals surface area contributed by atoms with Crippen LogP contribution in [0.15, 0.2) is 18.2 Å². The summed E-state index contributed by atoms with van der Waals surface area (Å²) in [7, 11) is 0. The van der Waals surface area contributed by atoms with Crippen LogP contribution in [0.1, 0.15) is 40.0 Å². The van der Waals surface area contributed by atoms with E-state index in [1.54, 1.807) is 0 Å². The second kappa shape index (κ2) is 6.41. The molecule has 0 bridgehead atoms. The summed E-state index contributed by atoms with van der Waals surface area (Å²) in [6, 6.07) is 3.44. The first-order valence-corrected chi connectivity index (χ1v) is 7.48. The largest absolute Gasteiger partial charge is 0.490 e. The Labute approximate surface area is 124 Å². The summed E-state index contributed by atoms with van der Waals surface area (Å²) in [6.45, 7) is 6.50. The predicted molar refractivity (Wildman–Crippen MR) is 78.8 cm³/mol. The number of nitrogens with zero attached hydrogens (tertiary/aromatic N) is 1. The third-order valence-corrected chi connectivity index (χ3v) is 4.32. The van der Waals surface area contributed by atoms with Gasteiger partial charge in [0.1, 0.15) is 17.7 Å². The fourth-order valence-corrected chi connectivity index (χ4v) is 3.15. The Balaban J connectivity index is 2.20. The lowest BCUT2D eigenvalue weighted by Gasteiger charge is -2.37. The minimum atomic E-state index is -0.635. The van der Waals surface area contributed by atoms with Crippen LogP contribution in [0.4, 0.5) is 10.1 Å². The summed E-state index contributed by atoms with van der Waals surface area (Å²) in [4.78, 5) is 10.2. The first-order valence-electron chi connectivity index (χ1n) is 7.48. The topological polar surface area (TPSA) is 52.4 Å². The maximum Gasteiger partial charge on any atom is 0.276 e. The second-order valence-corrected chi connectivity index (χ2v) is 6.38. The highest BCUT2D eigenvalue weighted by Crippen LogP contribution is 2.36. The molecule has 0 radical (unpaired) electrons. The summed E-state index contributed by atoms with van der Waals surface area (Å²) in [5.41, 5.74) is -0.269. The predicted octanol–water partition coefficient (Wildman–Crippen LogP) is 4.57. The quantitative estimate of drug-likeness (QED) is 0.603. The van der Waals surface area contributed by atoms with Crippen LogP contribution in [0.25, 0.3) is 0 Å². The van der Waals surface area contributed by atoms with Gasteiger partial charge in [-0.2, -0.15) is 0 Å². The van der Waals surface area contributed by atoms with Crippen molar-refractivity contribution < 1.29 is 14.1 Å². The van der Waals surface area contributed by atoms with E-state index in [0.717, 1.165) is 18.9 Å². The molecule has 3 unspecified atom stereocenters. The molecule has 0 aliphatic heterocycles. The second-order valence-electron chi connectivity index (χ2n) is 6.38. The number of nitro groups is 1. The first-order chi connectivity index (χ1) is 9.86. The molecule has 1 aliphatic rings. The van der Waals surface area contributed by atoms with Gasteiger partial charge in [0.05, 0.1) is 17.1 Å². The van der Waals surface area contributed by atoms with Crippen molar-refractivity contribution in [2.24, 2.45) is 17.8 Å². The summed E-state index contributed by atoms with van der Waals surface area (Å²) < 4.78 is 19.4. The van der Waals surface area contributed by atoms with Gasteiger partial charge >= 0.3 is 0 Å². The van der Waals surface area contributed by atoms with Crippen LogP contribution < -0.4 is 4.74 Å². The first kappa shape index (κ1) is 15.7. The van der Waals surface area contributed by atoms with Gasteiger partial charge in [-0.15, -0.1) is 0 Å². The minimum Gasteiger partial charge on any atom is -0.490 e. The Morgan fingerprint density at radius 2 is 2.05 bits per heavy atom. The van der Waals surface area contributed by atoms with Crippen LogP contribution in [-0.4, -0.2) is 11.0 Å². The fourth-order valence-electron chi connectivity index (χ4n) is 3.15. The van der Waals surface area contributed by atoms with Crippen LogP contribution >= 0.6 is 0 Å². The Morgan fingerprint density at radius 1 is 1.33 bits per heavy atom. The Hall–Kier alpha value is -1.65. The van der Waals surface area contributed by atoms with Crippen molar-refractivity contribution in [1.82, 2.24) is 0 Å². The average Bonchev–Trinajstić information content (AvgIpc) is 2.37. The molecule has 0 saturated heterocycles. The zero-order valence-corrected chi connectivity index (χ0v) is 12.7. The van der Waals surface area contributed by atoms with E-state index in [-0.39, 0.29) is 17.5 Å². The van der Waals surface area contributed by atoms with Crippen LogP contribution in [0.5, 0.6) is 5.75 Å². The van der Waals surface area contributed by atoms with E-state index in [4.69, 9.17) is 4.74 Å². The standard InChI is InChI=1S/C16H22FNO3/c1-10(2)15-5-4-11(3)6-16(15)21-14-8-12(17)7-13(9-14)18(19)20/h7-11,15-16H,4-6H2,1-3H3. The molecular weight excluding hydrogens is 273 g/mol. The van der Waals surface area contributed by atoms with Gasteiger partial charge in [0.25, 0.3) is 5.69 Å². The molecule has 0 aromatic heterocycles. The van der Waals surface area contributed by atoms with Gasteiger partial charge in [-0.05, 0) is 30.6 Å². The number of halogens is 1. The van der Waals surface area contributed by atoms with Crippen molar-refractivity contribution in [3.05, 3.63) is 34.1 Å². The van der Waals surface area contributed by atoms with E-state index >= 15 is 0 Å². The van der Waals surface area contributed by atoms with Gasteiger partial charge in [-0.3, -0.25) is 10.1 Å². The molecular formula is C16H22FNO3. The minimum absolute atomic E-state index is 0.00449. The molecule has 3 atom stereocenters. The summed E-state index contributed by atoms with van der Waals surface area (Å²) in [5.74, 6) is 1.07. The molecule has 1 saturated carbocycles. The molecule has 1 fully saturated rings. The molecule has 2 rings (SSSR count). The number of non-ortho nitro benzene ring substituents is 1. The molecule has 0 spiro atoms. The molecule has 0 heterocycles. The lowest BCUT2D eigenvalue weighted by atomic mass is 9.75. The molecule has 0 amide bonds. The van der Waals surface area contributed by atoms with E-state index in [1.165, 1.54) is 18.6 Å². The third kappa shape index (κ3) is 3.93. The average molecular weight is 295 g/mol. The zero-order chi connectivity index (χ0) is 15.6. The smallest absolute Gasteiger partial charge is 0.276 e. The highest BCUT2D eigenvalue weighted by molar-refractivity contribution is 5.39. The van der Waals surface area contributed by atoms with Crippen LogP contribution in [-0.2, 0) is 0 Å². The molecule has 1 aliphatic carbocycles. The van der Waals surface area contributed by atoms with Crippen molar-refractivity contribution in [3.63, 3.8) is 0 Å². The number of hydrogen-bond acceptors (Lipinski definition) is 3. The Kier molecular flexibility index (Phi) is 4.80. The Morgan fingerprint density at radius 3 is 2.67 bits per heavy atom. The van der Waals surface area contributed by atoms with Crippen LogP contribution in [0.2, 0.25) is 0 Å². The molecule has 21 heavy (non-hydrogen) atoms. The molecule has 5 heteroatoms. The summed E-state index contributed by atoms with van der Waals surface area (Å²) in [5, 5.41) is 10.8. The van der Waals surface area contributed by atoms with Crippen molar-refractivity contribution in [2.75, 3.05) is 0 Å². The van der Waals surface area contributed by atoms with Gasteiger partial charge in [0.2, 0.25) is 0 Å². The van der Waals surface area contributed by atoms with Crippen molar-refractivity contribution >= 4 is 5.69 Å². The number of nitro benzene ring substituents is 1. The van der Waals surface area contributed by atoms with Gasteiger partial charge in [-0.1, -0.05) is 27.2 Å². The fraction of sp³-hybridized carbons (Fsp3) is 0.625. The molecule has 4 nitrogen and oxygen atoms in total. The van der Waals surface area contributed by atoms with Gasteiger partial charge in [0.15, 0.2) is 0 Å². The van der Waals surface area contributed by atoms with Gasteiger partial charge < -0.3 is 4.74 Å². The number of hydrogen-bond donors (Lipinski definition) is 0. The number of rotatable bonds is 4. The van der Waals surface area contributed by atoms with E-state index in [9.17, 15) is 14.5 Å². The molecule has 1 aromatic carbocycles. The third-order valence-electron chi connectivity index (χ3n) is 4.32. The van der Waals surface area contributed by atoms with E-state index in [1.807, 2.05) is 0 Å². The normalized spacial score (nSPS) is 25.9. The van der Waals surface area contributed by atoms with E-state index < -0.39 is 10.7 Å². The maximum absolute atomic E-state index is 13.5. The molecule has 1 aromatic rings. The highest BCUT2D eigenvalue weighted by Gasteiger charge is 2.32. The van der Waals surface area contributed by atoms with Crippen LogP contribution in [0, 0.1) is 33.7 Å². The van der Waals surface area contributed by atoms with Gasteiger partial charge in [-0.25, -0.2) is 4.39 Å². The lowest BCUT2D eigenvalue weighted by molar-refractivity contribution is -0.385. The van der Waals surface area contributed by atoms with Crippen LogP contribution in [0.3, 0.4) is 0 Å². The molecule has 0 N–H and O–H groups in total. The highest BCUT2D eigenvalue weighted by atomic mass is 19.1. The van der Waals surface area contributed by atoms with Crippen molar-refractivity contribution in [1.29, 1.82) is 0 Å². The van der Waals surface area contributed by atoms with Crippen molar-refractivity contribution in [3.8, 4) is 5.75 Å². The van der Waals surface area contributed by atoms with E-state index in [2.05, 4.69) is 20.8 Å². The van der Waals surface area contributed by atoms with Gasteiger partial charge in [0, 0.05) is 6.07 Å². The SMILES string of the molecule is CC1CCC(C(C)C)C(Oc2cc(F)cc([N+](=O)[O-])c2)C1. The summed E-state index contributed by atoms with van der Waals surface area (Å²) >= 11 is 0. The number of benzene rings is 1. The lowest BCUT2D eigenvalue weighted by Crippen LogP contribution is -2.36. The van der Waals surface area contributed by atoms with Crippen molar-refractivity contribution in [2.45, 2.75) is 46.1 Å². The summed E-state index contributed by atoms with van der Waals surface area (Å²) in [6.07, 6.45) is 3.16. The monoisotopic (exact) mass is 295 g/mol. The maximum atomic E-state index is 13.5.